The van der Waals surface area contributed by atoms with Crippen molar-refractivity contribution in [2.45, 2.75) is 65.6 Å². The van der Waals surface area contributed by atoms with Crippen LogP contribution in [0.5, 0.6) is 0 Å². The monoisotopic (exact) mass is 493 g/mol. The summed E-state index contributed by atoms with van der Waals surface area (Å²) >= 11 is 0. The number of carbonyl (C=O) groups excluding carboxylic acids is 1. The van der Waals surface area contributed by atoms with Gasteiger partial charge in [0, 0.05) is 32.4 Å². The fourth-order valence-corrected chi connectivity index (χ4v) is 4.55. The molecule has 11 nitrogen and oxygen atoms in total. The number of ether oxygens (including phenoxy) is 1. The van der Waals surface area contributed by atoms with Crippen LogP contribution in [0.15, 0.2) is 27.9 Å². The van der Waals surface area contributed by atoms with Crippen LogP contribution < -0.4 is 16.1 Å². The molecular formula is C25H31N7O4. The Bertz CT molecular complexity index is 1370. The summed E-state index contributed by atoms with van der Waals surface area (Å²) < 4.78 is 8.90. The highest BCUT2D eigenvalue weighted by atomic mass is 16.5. The van der Waals surface area contributed by atoms with Gasteiger partial charge in [-0.25, -0.2) is 14.8 Å². The van der Waals surface area contributed by atoms with Crippen LogP contribution in [0.2, 0.25) is 0 Å². The number of pyridine rings is 1. The van der Waals surface area contributed by atoms with E-state index in [1.54, 1.807) is 16.8 Å². The molecule has 1 aliphatic heterocycles. The predicted molar refractivity (Wildman–Crippen MR) is 133 cm³/mol. The quantitative estimate of drug-likeness (QED) is 0.448. The highest BCUT2D eigenvalue weighted by molar-refractivity contribution is 5.73. The number of H-pyrrole nitrogens is 1. The largest absolute Gasteiger partial charge is 0.457 e. The molecule has 0 amide bonds. The molecule has 190 valence electrons. The van der Waals surface area contributed by atoms with Crippen LogP contribution in [0.25, 0.3) is 11.2 Å². The number of aromatic amines is 1. The van der Waals surface area contributed by atoms with Gasteiger partial charge >= 0.3 is 11.7 Å². The van der Waals surface area contributed by atoms with Crippen LogP contribution in [0.4, 0.5) is 5.82 Å². The summed E-state index contributed by atoms with van der Waals surface area (Å²) in [5, 5.41) is 8.94. The fourth-order valence-electron chi connectivity index (χ4n) is 4.55. The van der Waals surface area contributed by atoms with E-state index in [2.05, 4.69) is 25.9 Å². The lowest BCUT2D eigenvalue weighted by Crippen LogP contribution is -2.37. The number of nitrogens with zero attached hydrogens (tertiary/aromatic N) is 6. The number of piperidine rings is 1. The number of carbonyl (C=O) groups is 1. The first kappa shape index (κ1) is 25.2. The van der Waals surface area contributed by atoms with Crippen molar-refractivity contribution in [1.82, 2.24) is 24.1 Å². The molecule has 1 N–H and O–H groups in total. The molecule has 0 saturated carbocycles. The molecule has 0 aromatic carbocycles. The van der Waals surface area contributed by atoms with E-state index >= 15 is 0 Å². The maximum atomic E-state index is 12.9. The predicted octanol–water partition coefficient (Wildman–Crippen LogP) is 2.32. The zero-order valence-electron chi connectivity index (χ0n) is 20.7. The Morgan fingerprint density at radius 1 is 1.17 bits per heavy atom. The van der Waals surface area contributed by atoms with Gasteiger partial charge in [-0.2, -0.15) is 5.26 Å². The molecule has 36 heavy (non-hydrogen) atoms. The van der Waals surface area contributed by atoms with Gasteiger partial charge in [-0.15, -0.1) is 0 Å². The summed E-state index contributed by atoms with van der Waals surface area (Å²) in [6.07, 6.45) is 5.23. The molecule has 3 aromatic heterocycles. The third-order valence-corrected chi connectivity index (χ3v) is 6.52. The molecule has 11 heteroatoms. The summed E-state index contributed by atoms with van der Waals surface area (Å²) in [6, 6.07) is 5.61. The second-order valence-corrected chi connectivity index (χ2v) is 9.00. The third-order valence-electron chi connectivity index (χ3n) is 6.52. The van der Waals surface area contributed by atoms with Crippen molar-refractivity contribution in [3.63, 3.8) is 0 Å². The lowest BCUT2D eigenvalue weighted by atomic mass is 9.97. The number of unbranched alkanes of at least 4 members (excludes halogenated alkanes) is 1. The van der Waals surface area contributed by atoms with Gasteiger partial charge in [0.1, 0.15) is 24.3 Å². The lowest BCUT2D eigenvalue weighted by molar-refractivity contribution is -0.150. The van der Waals surface area contributed by atoms with Crippen LogP contribution in [-0.4, -0.2) is 43.1 Å². The van der Waals surface area contributed by atoms with Gasteiger partial charge in [0.15, 0.2) is 11.2 Å². The summed E-state index contributed by atoms with van der Waals surface area (Å²) in [6.45, 7) is 6.25. The van der Waals surface area contributed by atoms with Crippen molar-refractivity contribution in [3.05, 3.63) is 50.6 Å². The van der Waals surface area contributed by atoms with Crippen molar-refractivity contribution < 1.29 is 9.53 Å². The maximum absolute atomic E-state index is 12.9. The Hall–Kier alpha value is -3.94. The van der Waals surface area contributed by atoms with Gasteiger partial charge in [-0.3, -0.25) is 19.1 Å². The summed E-state index contributed by atoms with van der Waals surface area (Å²) in [5.41, 5.74) is 0.219. The number of aromatic nitrogens is 5. The van der Waals surface area contributed by atoms with E-state index in [-0.39, 0.29) is 18.5 Å². The fraction of sp³-hybridized carbons (Fsp3) is 0.520. The second kappa shape index (κ2) is 11.2. The van der Waals surface area contributed by atoms with Crippen molar-refractivity contribution in [2.24, 2.45) is 5.92 Å². The number of hydrogen-bond acceptors (Lipinski definition) is 8. The highest BCUT2D eigenvalue weighted by Gasteiger charge is 2.28. The first-order valence-electron chi connectivity index (χ1n) is 12.5. The number of esters is 1. The van der Waals surface area contributed by atoms with E-state index in [4.69, 9.17) is 10.00 Å². The molecule has 1 aliphatic rings. The topological polar surface area (TPSA) is 139 Å². The number of anilines is 1. The normalized spacial score (nSPS) is 14.2. The van der Waals surface area contributed by atoms with Crippen molar-refractivity contribution in [1.29, 1.82) is 5.26 Å². The van der Waals surface area contributed by atoms with E-state index in [9.17, 15) is 14.4 Å². The number of nitriles is 1. The first-order chi connectivity index (χ1) is 17.5. The van der Waals surface area contributed by atoms with Crippen LogP contribution >= 0.6 is 0 Å². The van der Waals surface area contributed by atoms with Crippen molar-refractivity contribution >= 4 is 23.0 Å². The molecule has 0 bridgehead atoms. The molecule has 1 saturated heterocycles. The van der Waals surface area contributed by atoms with E-state index < -0.39 is 11.2 Å². The Balaban J connectivity index is 1.46. The van der Waals surface area contributed by atoms with Crippen LogP contribution in [0.1, 0.15) is 57.3 Å². The first-order valence-corrected chi connectivity index (χ1v) is 12.5. The molecule has 4 heterocycles. The summed E-state index contributed by atoms with van der Waals surface area (Å²) in [5.74, 6) is 0.707. The number of nitrogens with one attached hydrogen (secondary N) is 1. The van der Waals surface area contributed by atoms with Gasteiger partial charge in [-0.05, 0) is 37.8 Å². The Labute approximate surface area is 208 Å². The average molecular weight is 494 g/mol. The molecule has 0 radical (unpaired) electrons. The van der Waals surface area contributed by atoms with E-state index in [0.29, 0.717) is 61.6 Å². The lowest BCUT2D eigenvalue weighted by Gasteiger charge is -2.31. The summed E-state index contributed by atoms with van der Waals surface area (Å²) in [4.78, 5) is 51.3. The molecule has 0 aliphatic carbocycles. The smallest absolute Gasteiger partial charge is 0.330 e. The van der Waals surface area contributed by atoms with Gasteiger partial charge in [0.05, 0.1) is 11.5 Å². The van der Waals surface area contributed by atoms with Gasteiger partial charge < -0.3 is 14.2 Å². The van der Waals surface area contributed by atoms with Gasteiger partial charge in [0.25, 0.3) is 5.56 Å². The molecule has 0 atom stereocenters. The Kier molecular flexibility index (Phi) is 7.83. The molecule has 0 unspecified atom stereocenters. The molecule has 1 fully saturated rings. The average Bonchev–Trinajstić information content (AvgIpc) is 3.26. The minimum atomic E-state index is -0.481. The number of aryl methyl sites for hydroxylation is 2. The highest BCUT2D eigenvalue weighted by Crippen LogP contribution is 2.23. The van der Waals surface area contributed by atoms with Crippen molar-refractivity contribution in [2.75, 3.05) is 18.0 Å². The molecule has 4 rings (SSSR count). The van der Waals surface area contributed by atoms with E-state index in [1.807, 2.05) is 19.9 Å². The minimum Gasteiger partial charge on any atom is -0.457 e. The Morgan fingerprint density at radius 3 is 2.58 bits per heavy atom. The number of rotatable bonds is 9. The second-order valence-electron chi connectivity index (χ2n) is 9.00. The molecular weight excluding hydrogens is 462 g/mol. The number of fused-ring (bicyclic) bond motifs is 1. The van der Waals surface area contributed by atoms with E-state index in [1.165, 1.54) is 4.57 Å². The van der Waals surface area contributed by atoms with Crippen LogP contribution in [-0.2, 0) is 29.2 Å². The third kappa shape index (κ3) is 5.17. The number of hydrogen-bond donors (Lipinski definition) is 1. The zero-order chi connectivity index (χ0) is 25.7. The van der Waals surface area contributed by atoms with Crippen molar-refractivity contribution in [3.8, 4) is 6.07 Å². The molecule has 3 aromatic rings. The summed E-state index contributed by atoms with van der Waals surface area (Å²) in [7, 11) is 0. The Morgan fingerprint density at radius 2 is 1.94 bits per heavy atom. The van der Waals surface area contributed by atoms with E-state index in [0.717, 1.165) is 25.1 Å². The maximum Gasteiger partial charge on any atom is 0.330 e. The van der Waals surface area contributed by atoms with Gasteiger partial charge in [0.2, 0.25) is 0 Å². The van der Waals surface area contributed by atoms with Crippen LogP contribution in [0, 0.1) is 17.2 Å². The molecule has 0 spiro atoms. The number of imidazole rings is 1. The van der Waals surface area contributed by atoms with Crippen LogP contribution in [0.3, 0.4) is 0 Å². The standard InChI is InChI=1S/C25H31N7O4/c1-3-5-11-32-22-21(23(33)29-25(32)35)31(10-4-2)20(28-22)16-36-24(34)18-8-12-30(13-9-18)19-7-6-17(14-26)15-27-19/h6-7,15,18H,3-5,8-13,16H2,1-2H3,(H,29,33,35). The van der Waals surface area contributed by atoms with Gasteiger partial charge in [-0.1, -0.05) is 20.3 Å². The zero-order valence-corrected chi connectivity index (χ0v) is 20.7. The minimum absolute atomic E-state index is 0.0632. The SMILES string of the molecule is CCCCn1c(=O)[nH]c(=O)c2c1nc(COC(=O)C1CCN(c3ccc(C#N)cn3)CC1)n2CCC.